The molecular formula is C61H42N2O5S. The van der Waals surface area contributed by atoms with Crippen molar-refractivity contribution in [1.29, 1.82) is 0 Å². The summed E-state index contributed by atoms with van der Waals surface area (Å²) in [4.78, 5) is 2.22. The third-order valence-corrected chi connectivity index (χ3v) is 14.7. The average molecular weight is 915 g/mol. The second kappa shape index (κ2) is 16.1. The Morgan fingerprint density at radius 3 is 1.84 bits per heavy atom. The molecule has 0 atom stereocenters. The summed E-state index contributed by atoms with van der Waals surface area (Å²) in [6, 6.07) is 63.4. The molecule has 0 spiro atoms. The molecule has 0 radical (unpaired) electrons. The quantitative estimate of drug-likeness (QED) is 0.0590. The highest BCUT2D eigenvalue weighted by Gasteiger charge is 2.27. The highest BCUT2D eigenvalue weighted by atomic mass is 32.1. The molecule has 0 aliphatic rings. The molecule has 69 heavy (non-hydrogen) atoms. The molecule has 0 aliphatic carbocycles. The number of aromatic nitrogens is 1. The van der Waals surface area contributed by atoms with E-state index in [9.17, 15) is 25.5 Å². The van der Waals surface area contributed by atoms with Crippen LogP contribution in [0.4, 0.5) is 17.1 Å². The zero-order chi connectivity index (χ0) is 47.1. The number of rotatable bonds is 8. The van der Waals surface area contributed by atoms with E-state index in [0.717, 1.165) is 97.8 Å². The Hall–Kier alpha value is -8.98. The van der Waals surface area contributed by atoms with Crippen molar-refractivity contribution >= 4 is 97.5 Å². The monoisotopic (exact) mass is 914 g/mol. The third-order valence-electron chi connectivity index (χ3n) is 13.5. The van der Waals surface area contributed by atoms with Crippen LogP contribution in [0.1, 0.15) is 12.5 Å². The first-order valence-electron chi connectivity index (χ1n) is 22.6. The highest BCUT2D eigenvalue weighted by molar-refractivity contribution is 7.26. The molecule has 0 saturated heterocycles. The maximum atomic E-state index is 10.9. The Balaban J connectivity index is 1.18. The summed E-state index contributed by atoms with van der Waals surface area (Å²) in [7, 11) is 0. The van der Waals surface area contributed by atoms with Crippen molar-refractivity contribution in [3.05, 3.63) is 206 Å². The molecule has 2 aromatic heterocycles. The molecule has 5 N–H and O–H groups in total. The second-order valence-corrected chi connectivity index (χ2v) is 18.2. The lowest BCUT2D eigenvalue weighted by Gasteiger charge is -2.27. The number of nitrogens with zero attached hydrogens (tertiary/aromatic N) is 2. The number of thiophene rings is 1. The molecule has 332 valence electrons. The SMILES string of the molecule is C=C/C(=C\C)c1ccc(N(c2ccc(-c3c(O)c(O)c(O)c(O)c3O)cc2)c2cc(-c3cc4ccccc4c4c5ccccc5n(-c5cccc6ccccc56)c34)cc3c2sc2ccccc23)cc1. The van der Waals surface area contributed by atoms with Gasteiger partial charge in [0.15, 0.2) is 11.5 Å². The average Bonchev–Trinajstić information content (AvgIpc) is 3.95. The smallest absolute Gasteiger partial charge is 0.208 e. The van der Waals surface area contributed by atoms with Crippen molar-refractivity contribution in [2.24, 2.45) is 0 Å². The minimum absolute atomic E-state index is 0.218. The van der Waals surface area contributed by atoms with Gasteiger partial charge in [-0.15, -0.1) is 11.3 Å². The number of hydrogen-bond acceptors (Lipinski definition) is 7. The van der Waals surface area contributed by atoms with E-state index in [2.05, 4.69) is 174 Å². The van der Waals surface area contributed by atoms with Crippen molar-refractivity contribution in [2.75, 3.05) is 4.90 Å². The summed E-state index contributed by atoms with van der Waals surface area (Å²) in [5, 5.41) is 62.2. The van der Waals surface area contributed by atoms with Gasteiger partial charge in [-0.05, 0) is 106 Å². The maximum Gasteiger partial charge on any atom is 0.208 e. The Kier molecular flexibility index (Phi) is 9.68. The van der Waals surface area contributed by atoms with E-state index in [1.54, 1.807) is 23.5 Å². The van der Waals surface area contributed by atoms with Gasteiger partial charge in [-0.2, -0.15) is 0 Å². The van der Waals surface area contributed by atoms with Crippen molar-refractivity contribution in [1.82, 2.24) is 4.57 Å². The van der Waals surface area contributed by atoms with E-state index in [1.807, 2.05) is 31.2 Å². The predicted molar refractivity (Wildman–Crippen MR) is 286 cm³/mol. The lowest BCUT2D eigenvalue weighted by Crippen LogP contribution is -2.10. The van der Waals surface area contributed by atoms with Crippen LogP contribution in [0.3, 0.4) is 0 Å². The van der Waals surface area contributed by atoms with E-state index in [-0.39, 0.29) is 5.56 Å². The van der Waals surface area contributed by atoms with E-state index < -0.39 is 28.7 Å². The molecule has 12 aromatic rings. The van der Waals surface area contributed by atoms with Crippen LogP contribution in [-0.2, 0) is 0 Å². The van der Waals surface area contributed by atoms with Crippen LogP contribution in [0.15, 0.2) is 201 Å². The van der Waals surface area contributed by atoms with Crippen LogP contribution in [0, 0.1) is 0 Å². The van der Waals surface area contributed by atoms with Gasteiger partial charge in [0.05, 0.1) is 32.7 Å². The summed E-state index contributed by atoms with van der Waals surface area (Å²) in [5.41, 5.74) is 10.1. The summed E-state index contributed by atoms with van der Waals surface area (Å²) < 4.78 is 4.66. The first-order valence-corrected chi connectivity index (χ1v) is 23.4. The Morgan fingerprint density at radius 2 is 1.13 bits per heavy atom. The molecule has 0 bridgehead atoms. The zero-order valence-electron chi connectivity index (χ0n) is 37.2. The van der Waals surface area contributed by atoms with Crippen molar-refractivity contribution in [3.63, 3.8) is 0 Å². The summed E-state index contributed by atoms with van der Waals surface area (Å²) in [6.07, 6.45) is 3.88. The molecule has 10 aromatic carbocycles. The predicted octanol–water partition coefficient (Wildman–Crippen LogP) is 16.4. The zero-order valence-corrected chi connectivity index (χ0v) is 38.0. The molecule has 2 heterocycles. The molecule has 0 unspecified atom stereocenters. The molecule has 12 rings (SSSR count). The van der Waals surface area contributed by atoms with Gasteiger partial charge in [-0.3, -0.25) is 0 Å². The van der Waals surface area contributed by atoms with Crippen LogP contribution >= 0.6 is 11.3 Å². The minimum atomic E-state index is -1.01. The van der Waals surface area contributed by atoms with Crippen molar-refractivity contribution < 1.29 is 25.5 Å². The van der Waals surface area contributed by atoms with Crippen molar-refractivity contribution in [3.8, 4) is 56.7 Å². The fourth-order valence-corrected chi connectivity index (χ4v) is 11.4. The van der Waals surface area contributed by atoms with Crippen LogP contribution in [0.5, 0.6) is 28.7 Å². The van der Waals surface area contributed by atoms with Gasteiger partial charge in [-0.1, -0.05) is 140 Å². The number of hydrogen-bond donors (Lipinski definition) is 5. The number of allylic oxidation sites excluding steroid dienone is 3. The summed E-state index contributed by atoms with van der Waals surface area (Å²) >= 11 is 1.73. The summed E-state index contributed by atoms with van der Waals surface area (Å²) in [6.45, 7) is 6.05. The standard InChI is InChI=1S/C61H42N2O5S/c1-3-35(4-2)36-24-28-41(29-25-36)62(42-30-26-38(27-31-42)53-56(64)58(66)60(68)59(67)57(53)65)51-34-40(33-48-45-19-10-12-23-52(45)69-61(48)51)47-32-39-15-6-8-18-44(39)54-46-20-9-11-21-50(46)63(55(47)54)49-22-13-16-37-14-5-7-17-43(37)49/h3-34,64-68H,1H2,2H3/b35-4+. The number of phenols is 5. The topological polar surface area (TPSA) is 109 Å². The fourth-order valence-electron chi connectivity index (χ4n) is 10.2. The van der Waals surface area contributed by atoms with E-state index in [0.29, 0.717) is 5.56 Å². The molecule has 0 fully saturated rings. The lowest BCUT2D eigenvalue weighted by molar-refractivity contribution is 0.330. The molecule has 7 nitrogen and oxygen atoms in total. The first-order chi connectivity index (χ1) is 33.7. The van der Waals surface area contributed by atoms with Gasteiger partial charge in [0.2, 0.25) is 17.2 Å². The molecule has 0 amide bonds. The Labute approximate surface area is 400 Å². The number of anilines is 3. The van der Waals surface area contributed by atoms with E-state index >= 15 is 0 Å². The van der Waals surface area contributed by atoms with Gasteiger partial charge >= 0.3 is 0 Å². The van der Waals surface area contributed by atoms with Gasteiger partial charge < -0.3 is 35.0 Å². The second-order valence-electron chi connectivity index (χ2n) is 17.2. The van der Waals surface area contributed by atoms with Gasteiger partial charge in [-0.25, -0.2) is 0 Å². The van der Waals surface area contributed by atoms with E-state index in [4.69, 9.17) is 0 Å². The number of benzene rings is 10. The number of fused-ring (bicyclic) bond motifs is 9. The number of para-hydroxylation sites is 1. The van der Waals surface area contributed by atoms with Gasteiger partial charge in [0.25, 0.3) is 0 Å². The van der Waals surface area contributed by atoms with Gasteiger partial charge in [0, 0.05) is 48.6 Å². The fraction of sp³-hybridized carbons (Fsp3) is 0.0164. The van der Waals surface area contributed by atoms with Crippen LogP contribution < -0.4 is 4.90 Å². The van der Waals surface area contributed by atoms with Crippen LogP contribution in [0.25, 0.3) is 97.0 Å². The van der Waals surface area contributed by atoms with Crippen LogP contribution in [0.2, 0.25) is 0 Å². The largest absolute Gasteiger partial charge is 0.504 e. The van der Waals surface area contributed by atoms with Crippen molar-refractivity contribution in [2.45, 2.75) is 6.92 Å². The van der Waals surface area contributed by atoms with Gasteiger partial charge in [0.1, 0.15) is 0 Å². The molecule has 0 saturated carbocycles. The lowest BCUT2D eigenvalue weighted by atomic mass is 9.94. The molecule has 0 aliphatic heterocycles. The summed E-state index contributed by atoms with van der Waals surface area (Å²) in [5.74, 6) is -4.39. The highest BCUT2D eigenvalue weighted by Crippen LogP contribution is 2.56. The van der Waals surface area contributed by atoms with Crippen LogP contribution in [-0.4, -0.2) is 30.1 Å². The number of aromatic hydroxyl groups is 5. The maximum absolute atomic E-state index is 10.9. The first kappa shape index (κ1) is 41.5. The normalized spacial score (nSPS) is 12.0. The minimum Gasteiger partial charge on any atom is -0.504 e. The Bertz CT molecular complexity index is 4070. The number of phenolic OH excluding ortho intramolecular Hbond substituents is 5. The molecular weight excluding hydrogens is 873 g/mol. The van der Waals surface area contributed by atoms with E-state index in [1.165, 1.54) is 10.8 Å². The Morgan fingerprint density at radius 1 is 0.536 bits per heavy atom. The third kappa shape index (κ3) is 6.41. The molecule has 8 heteroatoms.